The summed E-state index contributed by atoms with van der Waals surface area (Å²) in [5.41, 5.74) is 0.403. The fourth-order valence-corrected chi connectivity index (χ4v) is 3.05. The van der Waals surface area contributed by atoms with Crippen LogP contribution in [0.15, 0.2) is 0 Å². The highest BCUT2D eigenvalue weighted by Crippen LogP contribution is 2.31. The molecule has 0 spiro atoms. The lowest BCUT2D eigenvalue weighted by Gasteiger charge is -2.41. The van der Waals surface area contributed by atoms with E-state index in [1.807, 2.05) is 0 Å². The van der Waals surface area contributed by atoms with Crippen LogP contribution in [-0.4, -0.2) is 24.8 Å². The van der Waals surface area contributed by atoms with E-state index in [9.17, 15) is 0 Å². The van der Waals surface area contributed by atoms with Gasteiger partial charge in [-0.1, -0.05) is 13.3 Å². The van der Waals surface area contributed by atoms with Crippen LogP contribution in [-0.2, 0) is 4.74 Å². The Hall–Kier alpha value is -0.0800. The molecule has 2 unspecified atom stereocenters. The van der Waals surface area contributed by atoms with Crippen molar-refractivity contribution in [2.75, 3.05) is 13.2 Å². The van der Waals surface area contributed by atoms with Crippen LogP contribution in [0, 0.1) is 0 Å². The highest BCUT2D eigenvalue weighted by atomic mass is 16.5. The van der Waals surface area contributed by atoms with Crippen LogP contribution in [0.2, 0.25) is 0 Å². The van der Waals surface area contributed by atoms with Gasteiger partial charge in [0, 0.05) is 12.1 Å². The van der Waals surface area contributed by atoms with Gasteiger partial charge in [0.05, 0.1) is 6.10 Å². The minimum absolute atomic E-state index is 0.403. The van der Waals surface area contributed by atoms with E-state index in [2.05, 4.69) is 12.2 Å². The maximum atomic E-state index is 5.87. The molecule has 0 aromatic carbocycles. The summed E-state index contributed by atoms with van der Waals surface area (Å²) in [6, 6.07) is 0. The summed E-state index contributed by atoms with van der Waals surface area (Å²) in [4.78, 5) is 0. The molecule has 2 aliphatic heterocycles. The first-order valence-electron chi connectivity index (χ1n) is 6.71. The van der Waals surface area contributed by atoms with Crippen molar-refractivity contribution in [2.24, 2.45) is 0 Å². The Bertz CT molecular complexity index is 181. The van der Waals surface area contributed by atoms with E-state index in [4.69, 9.17) is 4.74 Å². The molecule has 2 saturated heterocycles. The molecular formula is C13H25NO. The standard InChI is InChI=1S/C13H25NO/c1-2-13(8-4-5-9-14-13)11-12-7-3-6-10-15-12/h12,14H,2-11H2,1H3. The van der Waals surface area contributed by atoms with Crippen LogP contribution in [0.25, 0.3) is 0 Å². The van der Waals surface area contributed by atoms with Gasteiger partial charge in [0.15, 0.2) is 0 Å². The summed E-state index contributed by atoms with van der Waals surface area (Å²) in [7, 11) is 0. The molecule has 2 fully saturated rings. The van der Waals surface area contributed by atoms with Gasteiger partial charge >= 0.3 is 0 Å². The second kappa shape index (κ2) is 5.31. The molecule has 2 atom stereocenters. The number of ether oxygens (including phenoxy) is 1. The van der Waals surface area contributed by atoms with Crippen LogP contribution in [0.5, 0.6) is 0 Å². The summed E-state index contributed by atoms with van der Waals surface area (Å²) in [5, 5.41) is 3.75. The minimum atomic E-state index is 0.403. The van der Waals surface area contributed by atoms with Gasteiger partial charge in [0.2, 0.25) is 0 Å². The Balaban J connectivity index is 1.87. The van der Waals surface area contributed by atoms with E-state index in [1.165, 1.54) is 57.9 Å². The average Bonchev–Trinajstić information content (AvgIpc) is 2.32. The van der Waals surface area contributed by atoms with Gasteiger partial charge in [-0.3, -0.25) is 0 Å². The van der Waals surface area contributed by atoms with E-state index in [-0.39, 0.29) is 0 Å². The number of hydrogen-bond donors (Lipinski definition) is 1. The third-order valence-electron chi connectivity index (χ3n) is 4.15. The first kappa shape index (κ1) is 11.4. The highest BCUT2D eigenvalue weighted by molar-refractivity contribution is 4.92. The normalized spacial score (nSPS) is 37.8. The van der Waals surface area contributed by atoms with Gasteiger partial charge in [0.25, 0.3) is 0 Å². The predicted molar refractivity (Wildman–Crippen MR) is 63.1 cm³/mol. The molecule has 2 nitrogen and oxygen atoms in total. The zero-order chi connectivity index (χ0) is 10.6. The Morgan fingerprint density at radius 3 is 2.80 bits per heavy atom. The molecule has 88 valence electrons. The Morgan fingerprint density at radius 2 is 2.20 bits per heavy atom. The molecule has 0 aliphatic carbocycles. The second-order valence-electron chi connectivity index (χ2n) is 5.21. The lowest BCUT2D eigenvalue weighted by molar-refractivity contribution is -0.0112. The molecule has 0 saturated carbocycles. The van der Waals surface area contributed by atoms with E-state index < -0.39 is 0 Å². The largest absolute Gasteiger partial charge is 0.378 e. The molecule has 1 N–H and O–H groups in total. The van der Waals surface area contributed by atoms with Crippen molar-refractivity contribution in [3.05, 3.63) is 0 Å². The van der Waals surface area contributed by atoms with Gasteiger partial charge in [-0.05, 0) is 51.5 Å². The molecule has 0 amide bonds. The van der Waals surface area contributed by atoms with Crippen LogP contribution >= 0.6 is 0 Å². The van der Waals surface area contributed by atoms with Crippen LogP contribution < -0.4 is 5.32 Å². The number of piperidine rings is 1. The van der Waals surface area contributed by atoms with Crippen molar-refractivity contribution in [1.29, 1.82) is 0 Å². The number of rotatable bonds is 3. The monoisotopic (exact) mass is 211 g/mol. The number of hydrogen-bond acceptors (Lipinski definition) is 2. The Morgan fingerprint density at radius 1 is 1.27 bits per heavy atom. The van der Waals surface area contributed by atoms with Crippen LogP contribution in [0.4, 0.5) is 0 Å². The Kier molecular flexibility index (Phi) is 4.04. The van der Waals surface area contributed by atoms with Crippen molar-refractivity contribution in [3.8, 4) is 0 Å². The minimum Gasteiger partial charge on any atom is -0.378 e. The van der Waals surface area contributed by atoms with Gasteiger partial charge < -0.3 is 10.1 Å². The smallest absolute Gasteiger partial charge is 0.0592 e. The average molecular weight is 211 g/mol. The maximum Gasteiger partial charge on any atom is 0.0592 e. The second-order valence-corrected chi connectivity index (χ2v) is 5.21. The quantitative estimate of drug-likeness (QED) is 0.775. The van der Waals surface area contributed by atoms with E-state index in [1.54, 1.807) is 0 Å². The molecule has 0 radical (unpaired) electrons. The SMILES string of the molecule is CCC1(CC2CCCCO2)CCCCN1. The first-order valence-corrected chi connectivity index (χ1v) is 6.71. The first-order chi connectivity index (χ1) is 7.35. The maximum absolute atomic E-state index is 5.87. The highest BCUT2D eigenvalue weighted by Gasteiger charge is 2.33. The topological polar surface area (TPSA) is 21.3 Å². The molecule has 0 aromatic heterocycles. The summed E-state index contributed by atoms with van der Waals surface area (Å²) in [6.45, 7) is 4.52. The third kappa shape index (κ3) is 2.94. The van der Waals surface area contributed by atoms with Crippen molar-refractivity contribution in [1.82, 2.24) is 5.32 Å². The molecule has 0 bridgehead atoms. The predicted octanol–water partition coefficient (Wildman–Crippen LogP) is 2.87. The molecular weight excluding hydrogens is 186 g/mol. The third-order valence-corrected chi connectivity index (χ3v) is 4.15. The summed E-state index contributed by atoms with van der Waals surface area (Å²) >= 11 is 0. The molecule has 0 aromatic rings. The summed E-state index contributed by atoms with van der Waals surface area (Å²) in [6.07, 6.45) is 11.0. The Labute approximate surface area is 93.8 Å². The van der Waals surface area contributed by atoms with Crippen molar-refractivity contribution in [2.45, 2.75) is 69.9 Å². The van der Waals surface area contributed by atoms with Crippen molar-refractivity contribution < 1.29 is 4.74 Å². The van der Waals surface area contributed by atoms with Gasteiger partial charge in [-0.25, -0.2) is 0 Å². The fourth-order valence-electron chi connectivity index (χ4n) is 3.05. The van der Waals surface area contributed by atoms with Gasteiger partial charge in [-0.15, -0.1) is 0 Å². The van der Waals surface area contributed by atoms with Crippen LogP contribution in [0.1, 0.15) is 58.3 Å². The van der Waals surface area contributed by atoms with Gasteiger partial charge in [0.1, 0.15) is 0 Å². The molecule has 2 heteroatoms. The molecule has 2 heterocycles. The fraction of sp³-hybridized carbons (Fsp3) is 1.00. The van der Waals surface area contributed by atoms with E-state index in [0.29, 0.717) is 11.6 Å². The van der Waals surface area contributed by atoms with E-state index >= 15 is 0 Å². The molecule has 2 rings (SSSR count). The van der Waals surface area contributed by atoms with Crippen molar-refractivity contribution in [3.63, 3.8) is 0 Å². The van der Waals surface area contributed by atoms with Crippen molar-refractivity contribution >= 4 is 0 Å². The molecule has 2 aliphatic rings. The lowest BCUT2D eigenvalue weighted by atomic mass is 9.80. The lowest BCUT2D eigenvalue weighted by Crippen LogP contribution is -2.50. The summed E-state index contributed by atoms with van der Waals surface area (Å²) in [5.74, 6) is 0. The number of nitrogens with one attached hydrogen (secondary N) is 1. The molecule has 15 heavy (non-hydrogen) atoms. The van der Waals surface area contributed by atoms with E-state index in [0.717, 1.165) is 6.61 Å². The van der Waals surface area contributed by atoms with Gasteiger partial charge in [-0.2, -0.15) is 0 Å². The van der Waals surface area contributed by atoms with Crippen LogP contribution in [0.3, 0.4) is 0 Å². The summed E-state index contributed by atoms with van der Waals surface area (Å²) < 4.78 is 5.87. The zero-order valence-corrected chi connectivity index (χ0v) is 10.1. The zero-order valence-electron chi connectivity index (χ0n) is 10.1.